The van der Waals surface area contributed by atoms with Crippen molar-refractivity contribution in [3.05, 3.63) is 36.4 Å². The van der Waals surface area contributed by atoms with Gasteiger partial charge in [-0.05, 0) is 31.9 Å². The van der Waals surface area contributed by atoms with Crippen molar-refractivity contribution in [2.24, 2.45) is 0 Å². The molecule has 0 radical (unpaired) electrons. The molecule has 0 unspecified atom stereocenters. The number of carbonyl (C=O) groups excluding carboxylic acids is 2. The normalized spacial score (nSPS) is 19.7. The summed E-state index contributed by atoms with van der Waals surface area (Å²) < 4.78 is 5.32. The minimum atomic E-state index is -0.464. The number of aromatic nitrogens is 2. The molecule has 0 bridgehead atoms. The van der Waals surface area contributed by atoms with E-state index in [1.807, 2.05) is 19.1 Å². The molecular formula is C17H18N4O3. The molecule has 0 N–H and O–H groups in total. The maximum atomic E-state index is 12.4. The molecule has 1 aliphatic carbocycles. The monoisotopic (exact) mass is 326 g/mol. The van der Waals surface area contributed by atoms with Crippen LogP contribution in [0.4, 0.5) is 0 Å². The molecule has 7 nitrogen and oxygen atoms in total. The number of piperazine rings is 1. The lowest BCUT2D eigenvalue weighted by Crippen LogP contribution is -2.57. The second kappa shape index (κ2) is 5.43. The number of rotatable bonds is 4. The molecule has 0 aromatic carbocycles. The summed E-state index contributed by atoms with van der Waals surface area (Å²) in [5.74, 6) is -0.317. The number of hydrogen-bond donors (Lipinski definition) is 0. The van der Waals surface area contributed by atoms with Gasteiger partial charge in [0.15, 0.2) is 5.76 Å². The molecule has 3 heterocycles. The molecule has 1 saturated carbocycles. The van der Waals surface area contributed by atoms with E-state index in [1.165, 1.54) is 4.90 Å². The Hall–Kier alpha value is -2.70. The highest BCUT2D eigenvalue weighted by Gasteiger charge is 2.49. The van der Waals surface area contributed by atoms with Crippen molar-refractivity contribution >= 4 is 11.8 Å². The van der Waals surface area contributed by atoms with Gasteiger partial charge in [-0.1, -0.05) is 5.16 Å². The van der Waals surface area contributed by atoms with Gasteiger partial charge in [-0.25, -0.2) is 0 Å². The number of nitrogens with zero attached hydrogens (tertiary/aromatic N) is 4. The SMILES string of the molecule is CC1(N2CCN(Cc3cc(-c4cccnc4)no3)C(=O)C2=O)CC1. The van der Waals surface area contributed by atoms with Crippen molar-refractivity contribution in [1.29, 1.82) is 0 Å². The minimum Gasteiger partial charge on any atom is -0.359 e. The first kappa shape index (κ1) is 14.9. The average Bonchev–Trinajstić information content (AvgIpc) is 3.17. The third-order valence-corrected chi connectivity index (χ3v) is 4.80. The summed E-state index contributed by atoms with van der Waals surface area (Å²) in [4.78, 5) is 32.0. The van der Waals surface area contributed by atoms with Gasteiger partial charge in [-0.2, -0.15) is 0 Å². The fourth-order valence-electron chi connectivity index (χ4n) is 3.02. The number of hydrogen-bond acceptors (Lipinski definition) is 5. The van der Waals surface area contributed by atoms with E-state index >= 15 is 0 Å². The summed E-state index contributed by atoms with van der Waals surface area (Å²) in [6.07, 6.45) is 5.34. The highest BCUT2D eigenvalue weighted by Crippen LogP contribution is 2.41. The fraction of sp³-hybridized carbons (Fsp3) is 0.412. The summed E-state index contributed by atoms with van der Waals surface area (Å²) in [7, 11) is 0. The second-order valence-corrected chi connectivity index (χ2v) is 6.60. The van der Waals surface area contributed by atoms with Gasteiger partial charge < -0.3 is 14.3 Å². The van der Waals surface area contributed by atoms with Gasteiger partial charge in [0.05, 0.1) is 6.54 Å². The zero-order valence-electron chi connectivity index (χ0n) is 13.4. The molecule has 2 aromatic heterocycles. The third kappa shape index (κ3) is 2.55. The highest BCUT2D eigenvalue weighted by molar-refractivity contribution is 6.35. The molecule has 7 heteroatoms. The van der Waals surface area contributed by atoms with E-state index in [-0.39, 0.29) is 12.1 Å². The van der Waals surface area contributed by atoms with E-state index in [0.717, 1.165) is 18.4 Å². The van der Waals surface area contributed by atoms with Crippen molar-refractivity contribution < 1.29 is 14.1 Å². The lowest BCUT2D eigenvalue weighted by molar-refractivity contribution is -0.158. The molecular weight excluding hydrogens is 308 g/mol. The molecule has 2 aliphatic rings. The summed E-state index contributed by atoms with van der Waals surface area (Å²) >= 11 is 0. The van der Waals surface area contributed by atoms with Crippen LogP contribution in [0.25, 0.3) is 11.3 Å². The highest BCUT2D eigenvalue weighted by atomic mass is 16.5. The molecule has 1 aliphatic heterocycles. The molecule has 124 valence electrons. The largest absolute Gasteiger partial charge is 0.359 e. The van der Waals surface area contributed by atoms with Crippen molar-refractivity contribution in [2.75, 3.05) is 13.1 Å². The first-order valence-electron chi connectivity index (χ1n) is 8.04. The van der Waals surface area contributed by atoms with E-state index in [2.05, 4.69) is 10.1 Å². The summed E-state index contributed by atoms with van der Waals surface area (Å²) in [6.45, 7) is 3.38. The third-order valence-electron chi connectivity index (χ3n) is 4.80. The lowest BCUT2D eigenvalue weighted by atomic mass is 10.2. The fourth-order valence-corrected chi connectivity index (χ4v) is 3.02. The van der Waals surface area contributed by atoms with Crippen LogP contribution in [0, 0.1) is 0 Å². The average molecular weight is 326 g/mol. The molecule has 1 saturated heterocycles. The first-order valence-corrected chi connectivity index (χ1v) is 8.04. The second-order valence-electron chi connectivity index (χ2n) is 6.60. The van der Waals surface area contributed by atoms with Gasteiger partial charge >= 0.3 is 11.8 Å². The quantitative estimate of drug-likeness (QED) is 0.795. The van der Waals surface area contributed by atoms with Crippen LogP contribution >= 0.6 is 0 Å². The summed E-state index contributed by atoms with van der Waals surface area (Å²) in [6, 6.07) is 5.49. The Bertz CT molecular complexity index is 782. The maximum absolute atomic E-state index is 12.4. The molecule has 2 fully saturated rings. The Balaban J connectivity index is 1.46. The Morgan fingerprint density at radius 2 is 2.08 bits per heavy atom. The minimum absolute atomic E-state index is 0.113. The van der Waals surface area contributed by atoms with Crippen LogP contribution in [-0.2, 0) is 16.1 Å². The van der Waals surface area contributed by atoms with E-state index in [9.17, 15) is 9.59 Å². The van der Waals surface area contributed by atoms with Crippen molar-refractivity contribution in [2.45, 2.75) is 31.8 Å². The first-order chi connectivity index (χ1) is 11.6. The van der Waals surface area contributed by atoms with Crippen LogP contribution in [0.5, 0.6) is 0 Å². The van der Waals surface area contributed by atoms with Gasteiger partial charge in [0, 0.05) is 42.7 Å². The molecule has 0 spiro atoms. The molecule has 2 aromatic rings. The maximum Gasteiger partial charge on any atom is 0.312 e. The Kier molecular flexibility index (Phi) is 3.37. The predicted octanol–water partition coefficient (Wildman–Crippen LogP) is 1.46. The van der Waals surface area contributed by atoms with Gasteiger partial charge in [0.25, 0.3) is 0 Å². The van der Waals surface area contributed by atoms with Crippen LogP contribution in [0.1, 0.15) is 25.5 Å². The topological polar surface area (TPSA) is 79.5 Å². The van der Waals surface area contributed by atoms with E-state index in [0.29, 0.717) is 24.5 Å². The zero-order chi connectivity index (χ0) is 16.7. The summed E-state index contributed by atoms with van der Waals surface area (Å²) in [5.41, 5.74) is 1.40. The van der Waals surface area contributed by atoms with E-state index < -0.39 is 11.8 Å². The standard InChI is InChI=1S/C17H18N4O3/c1-17(4-5-17)21-8-7-20(15(22)16(21)23)11-13-9-14(19-24-13)12-3-2-6-18-10-12/h2-3,6,9-10H,4-5,7-8,11H2,1H3. The Labute approximate surface area is 139 Å². The van der Waals surface area contributed by atoms with Crippen LogP contribution in [0.3, 0.4) is 0 Å². The van der Waals surface area contributed by atoms with Crippen LogP contribution < -0.4 is 0 Å². The summed E-state index contributed by atoms with van der Waals surface area (Å²) in [5, 5.41) is 4.01. The van der Waals surface area contributed by atoms with Crippen LogP contribution in [-0.4, -0.2) is 50.4 Å². The number of amides is 2. The molecule has 4 rings (SSSR count). The lowest BCUT2D eigenvalue weighted by Gasteiger charge is -2.37. The van der Waals surface area contributed by atoms with Gasteiger partial charge in [-0.15, -0.1) is 0 Å². The van der Waals surface area contributed by atoms with Crippen molar-refractivity contribution in [1.82, 2.24) is 19.9 Å². The number of pyridine rings is 1. The van der Waals surface area contributed by atoms with Crippen molar-refractivity contribution in [3.8, 4) is 11.3 Å². The Morgan fingerprint density at radius 3 is 2.79 bits per heavy atom. The van der Waals surface area contributed by atoms with Gasteiger partial charge in [-0.3, -0.25) is 14.6 Å². The molecule has 2 amide bonds. The van der Waals surface area contributed by atoms with Crippen molar-refractivity contribution in [3.63, 3.8) is 0 Å². The smallest absolute Gasteiger partial charge is 0.312 e. The van der Waals surface area contributed by atoms with Crippen LogP contribution in [0.2, 0.25) is 0 Å². The predicted molar refractivity (Wildman–Crippen MR) is 84.5 cm³/mol. The molecule has 0 atom stereocenters. The van der Waals surface area contributed by atoms with E-state index in [4.69, 9.17) is 4.52 Å². The zero-order valence-corrected chi connectivity index (χ0v) is 13.4. The number of carbonyl (C=O) groups is 2. The van der Waals surface area contributed by atoms with Gasteiger partial charge in [0.1, 0.15) is 5.69 Å². The van der Waals surface area contributed by atoms with E-state index in [1.54, 1.807) is 23.4 Å². The Morgan fingerprint density at radius 1 is 1.25 bits per heavy atom. The van der Waals surface area contributed by atoms with Crippen LogP contribution in [0.15, 0.2) is 35.1 Å². The molecule has 24 heavy (non-hydrogen) atoms. The van der Waals surface area contributed by atoms with Gasteiger partial charge in [0.2, 0.25) is 0 Å².